The third-order valence-corrected chi connectivity index (χ3v) is 5.09. The van der Waals surface area contributed by atoms with Gasteiger partial charge in [-0.15, -0.1) is 0 Å². The van der Waals surface area contributed by atoms with E-state index in [1.54, 1.807) is 0 Å². The third-order valence-electron chi connectivity index (χ3n) is 5.09. The average Bonchev–Trinajstić information content (AvgIpc) is 2.82. The van der Waals surface area contributed by atoms with Crippen molar-refractivity contribution in [3.8, 4) is 0 Å². The fourth-order valence-electron chi connectivity index (χ4n) is 3.89. The number of hydrogen-bond donors (Lipinski definition) is 1. The van der Waals surface area contributed by atoms with E-state index in [1.807, 2.05) is 0 Å². The first kappa shape index (κ1) is 13.8. The molecule has 0 aromatic heterocycles. The van der Waals surface area contributed by atoms with Crippen molar-refractivity contribution in [3.05, 3.63) is 0 Å². The predicted molar refractivity (Wildman–Crippen MR) is 74.9 cm³/mol. The largest absolute Gasteiger partial charge is 0.378 e. The summed E-state index contributed by atoms with van der Waals surface area (Å²) in [7, 11) is 0. The molecule has 3 aliphatic heterocycles. The van der Waals surface area contributed by atoms with E-state index in [1.165, 1.54) is 19.3 Å². The fraction of sp³-hybridized carbons (Fsp3) is 1.00. The lowest BCUT2D eigenvalue weighted by molar-refractivity contribution is -0.104. The highest BCUT2D eigenvalue weighted by molar-refractivity contribution is 4.93. The van der Waals surface area contributed by atoms with Gasteiger partial charge in [0, 0.05) is 37.8 Å². The molecular weight excluding hydrogens is 240 g/mol. The van der Waals surface area contributed by atoms with Crippen LogP contribution in [0.3, 0.4) is 0 Å². The summed E-state index contributed by atoms with van der Waals surface area (Å²) < 4.78 is 11.6. The molecule has 4 heteroatoms. The van der Waals surface area contributed by atoms with E-state index in [4.69, 9.17) is 9.47 Å². The van der Waals surface area contributed by atoms with Crippen molar-refractivity contribution in [2.45, 2.75) is 76.1 Å². The maximum absolute atomic E-state index is 6.02. The number of rotatable bonds is 2. The van der Waals surface area contributed by atoms with Gasteiger partial charge < -0.3 is 9.47 Å². The first-order valence-corrected chi connectivity index (χ1v) is 7.95. The number of ether oxygens (including phenoxy) is 2. The van der Waals surface area contributed by atoms with Crippen molar-refractivity contribution in [3.63, 3.8) is 0 Å². The van der Waals surface area contributed by atoms with Crippen LogP contribution in [0.5, 0.6) is 0 Å². The second-order valence-electron chi connectivity index (χ2n) is 6.69. The average molecular weight is 268 g/mol. The van der Waals surface area contributed by atoms with Crippen LogP contribution in [0, 0.1) is 0 Å². The van der Waals surface area contributed by atoms with Crippen LogP contribution in [0.15, 0.2) is 0 Å². The monoisotopic (exact) mass is 268 g/mol. The van der Waals surface area contributed by atoms with Gasteiger partial charge in [0.2, 0.25) is 0 Å². The molecule has 0 bridgehead atoms. The van der Waals surface area contributed by atoms with E-state index in [0.29, 0.717) is 18.1 Å². The number of piperidine rings is 1. The zero-order valence-corrected chi connectivity index (χ0v) is 12.4. The number of nitrogens with one attached hydrogen (secondary N) is 1. The van der Waals surface area contributed by atoms with Crippen molar-refractivity contribution in [2.24, 2.45) is 0 Å². The van der Waals surface area contributed by atoms with Gasteiger partial charge in [0.15, 0.2) is 0 Å². The zero-order chi connectivity index (χ0) is 13.3. The number of nitrogens with zero attached hydrogens (tertiary/aromatic N) is 1. The Hall–Kier alpha value is -0.160. The van der Waals surface area contributed by atoms with E-state index in [-0.39, 0.29) is 5.60 Å². The summed E-state index contributed by atoms with van der Waals surface area (Å²) in [5.74, 6) is 0. The minimum Gasteiger partial charge on any atom is -0.378 e. The normalized spacial score (nSPS) is 44.8. The Morgan fingerprint density at radius 1 is 1.11 bits per heavy atom. The second kappa shape index (κ2) is 5.68. The Kier molecular flexibility index (Phi) is 4.13. The van der Waals surface area contributed by atoms with Gasteiger partial charge >= 0.3 is 0 Å². The topological polar surface area (TPSA) is 33.7 Å². The minimum atomic E-state index is 0.0121. The van der Waals surface area contributed by atoms with Gasteiger partial charge in [-0.3, -0.25) is 5.43 Å². The van der Waals surface area contributed by atoms with E-state index in [2.05, 4.69) is 24.3 Å². The first-order chi connectivity index (χ1) is 9.19. The van der Waals surface area contributed by atoms with E-state index < -0.39 is 0 Å². The summed E-state index contributed by atoms with van der Waals surface area (Å²) in [6.07, 6.45) is 7.28. The van der Waals surface area contributed by atoms with E-state index >= 15 is 0 Å². The van der Waals surface area contributed by atoms with Crippen molar-refractivity contribution in [1.29, 1.82) is 0 Å². The second-order valence-corrected chi connectivity index (χ2v) is 6.69. The third kappa shape index (κ3) is 2.97. The lowest BCUT2D eigenvalue weighted by Crippen LogP contribution is -2.58. The van der Waals surface area contributed by atoms with Gasteiger partial charge in [-0.1, -0.05) is 6.42 Å². The SMILES string of the molecule is CC1CCCC(C)N1NC1CCOC2(CCOC2)C1. The molecule has 4 atom stereocenters. The van der Waals surface area contributed by atoms with Crippen molar-refractivity contribution >= 4 is 0 Å². The van der Waals surface area contributed by atoms with Crippen LogP contribution >= 0.6 is 0 Å². The molecule has 0 saturated carbocycles. The minimum absolute atomic E-state index is 0.0121. The Morgan fingerprint density at radius 2 is 1.89 bits per heavy atom. The Morgan fingerprint density at radius 3 is 2.58 bits per heavy atom. The summed E-state index contributed by atoms with van der Waals surface area (Å²) in [5.41, 5.74) is 3.82. The van der Waals surface area contributed by atoms with Gasteiger partial charge in [-0.25, -0.2) is 5.01 Å². The summed E-state index contributed by atoms with van der Waals surface area (Å²) in [6, 6.07) is 1.86. The van der Waals surface area contributed by atoms with Crippen molar-refractivity contribution in [1.82, 2.24) is 10.4 Å². The molecule has 4 nitrogen and oxygen atoms in total. The van der Waals surface area contributed by atoms with Crippen LogP contribution in [-0.2, 0) is 9.47 Å². The maximum Gasteiger partial charge on any atom is 0.0952 e. The molecule has 3 saturated heterocycles. The van der Waals surface area contributed by atoms with Crippen LogP contribution in [0.4, 0.5) is 0 Å². The highest BCUT2D eigenvalue weighted by atomic mass is 16.6. The molecule has 1 N–H and O–H groups in total. The highest BCUT2D eigenvalue weighted by Gasteiger charge is 2.42. The molecular formula is C15H28N2O2. The Labute approximate surface area is 116 Å². The van der Waals surface area contributed by atoms with Crippen LogP contribution in [0.25, 0.3) is 0 Å². The molecule has 1 spiro atoms. The lowest BCUT2D eigenvalue weighted by Gasteiger charge is -2.45. The lowest BCUT2D eigenvalue weighted by atomic mass is 9.90. The van der Waals surface area contributed by atoms with Crippen molar-refractivity contribution < 1.29 is 9.47 Å². The van der Waals surface area contributed by atoms with Gasteiger partial charge in [0.05, 0.1) is 12.2 Å². The quantitative estimate of drug-likeness (QED) is 0.831. The van der Waals surface area contributed by atoms with Crippen LogP contribution < -0.4 is 5.43 Å². The van der Waals surface area contributed by atoms with Gasteiger partial charge in [0.25, 0.3) is 0 Å². The summed E-state index contributed by atoms with van der Waals surface area (Å²) in [5, 5.41) is 2.50. The molecule has 4 unspecified atom stereocenters. The smallest absolute Gasteiger partial charge is 0.0952 e. The Balaban J connectivity index is 1.59. The predicted octanol–water partition coefficient (Wildman–Crippen LogP) is 2.09. The van der Waals surface area contributed by atoms with Crippen molar-refractivity contribution in [2.75, 3.05) is 19.8 Å². The van der Waals surface area contributed by atoms with Gasteiger partial charge in [-0.2, -0.15) is 0 Å². The maximum atomic E-state index is 6.02. The van der Waals surface area contributed by atoms with Gasteiger partial charge in [-0.05, 0) is 39.5 Å². The first-order valence-electron chi connectivity index (χ1n) is 7.95. The molecule has 0 aromatic rings. The molecule has 0 aromatic carbocycles. The van der Waals surface area contributed by atoms with E-state index in [9.17, 15) is 0 Å². The fourth-order valence-corrected chi connectivity index (χ4v) is 3.89. The standard InChI is InChI=1S/C15H28N2O2/c1-12-4-3-5-13(2)17(12)16-14-6-8-19-15(10-14)7-9-18-11-15/h12-14,16H,3-11H2,1-2H3. The highest BCUT2D eigenvalue weighted by Crippen LogP contribution is 2.33. The van der Waals surface area contributed by atoms with Crippen LogP contribution in [-0.4, -0.2) is 48.6 Å². The molecule has 3 aliphatic rings. The summed E-state index contributed by atoms with van der Waals surface area (Å²) >= 11 is 0. The molecule has 0 amide bonds. The molecule has 3 rings (SSSR count). The molecule has 0 radical (unpaired) electrons. The zero-order valence-electron chi connectivity index (χ0n) is 12.4. The molecule has 110 valence electrons. The molecule has 0 aliphatic carbocycles. The van der Waals surface area contributed by atoms with E-state index in [0.717, 1.165) is 39.1 Å². The summed E-state index contributed by atoms with van der Waals surface area (Å²) in [6.45, 7) is 7.21. The summed E-state index contributed by atoms with van der Waals surface area (Å²) in [4.78, 5) is 0. The Bertz CT molecular complexity index is 295. The molecule has 3 heterocycles. The van der Waals surface area contributed by atoms with Gasteiger partial charge in [0.1, 0.15) is 0 Å². The number of hydrogen-bond acceptors (Lipinski definition) is 4. The van der Waals surface area contributed by atoms with Crippen LogP contribution in [0.1, 0.15) is 52.4 Å². The number of hydrazine groups is 1. The van der Waals surface area contributed by atoms with Crippen LogP contribution in [0.2, 0.25) is 0 Å². The molecule has 19 heavy (non-hydrogen) atoms. The molecule has 3 fully saturated rings.